The molecule has 2 amide bonds. The molecule has 1 aromatic carbocycles. The number of amides is 2. The Morgan fingerprint density at radius 1 is 1.44 bits per heavy atom. The van der Waals surface area contributed by atoms with Crippen molar-refractivity contribution in [1.82, 2.24) is 10.0 Å². The predicted molar refractivity (Wildman–Crippen MR) is 60.6 cm³/mol. The molecule has 16 heavy (non-hydrogen) atoms. The number of benzene rings is 1. The van der Waals surface area contributed by atoms with Crippen LogP contribution in [0.2, 0.25) is 5.02 Å². The van der Waals surface area contributed by atoms with E-state index in [-0.39, 0.29) is 9.92 Å². The smallest absolute Gasteiger partial charge is 0.328 e. The van der Waals surface area contributed by atoms with E-state index in [4.69, 9.17) is 17.3 Å². The minimum atomic E-state index is -3.97. The number of sulfonamides is 1. The molecule has 8 heteroatoms. The molecule has 0 saturated carbocycles. The largest absolute Gasteiger partial charge is 0.399 e. The number of carbonyl (C=O) groups is 1. The van der Waals surface area contributed by atoms with Crippen LogP contribution in [0.25, 0.3) is 0 Å². The summed E-state index contributed by atoms with van der Waals surface area (Å²) in [5.41, 5.74) is 5.76. The highest BCUT2D eigenvalue weighted by atomic mass is 35.5. The van der Waals surface area contributed by atoms with Gasteiger partial charge >= 0.3 is 6.03 Å². The van der Waals surface area contributed by atoms with Gasteiger partial charge in [-0.3, -0.25) is 0 Å². The average Bonchev–Trinajstić information content (AvgIpc) is 2.16. The van der Waals surface area contributed by atoms with Gasteiger partial charge in [-0.25, -0.2) is 17.9 Å². The van der Waals surface area contributed by atoms with Crippen molar-refractivity contribution in [3.8, 4) is 0 Å². The molecule has 0 radical (unpaired) electrons. The van der Waals surface area contributed by atoms with Crippen molar-refractivity contribution in [3.05, 3.63) is 23.2 Å². The van der Waals surface area contributed by atoms with Gasteiger partial charge in [-0.15, -0.1) is 0 Å². The van der Waals surface area contributed by atoms with Gasteiger partial charge in [-0.1, -0.05) is 11.6 Å². The molecule has 0 fully saturated rings. The fraction of sp³-hybridized carbons (Fsp3) is 0.125. The average molecular weight is 264 g/mol. The van der Waals surface area contributed by atoms with Crippen LogP contribution in [0.15, 0.2) is 23.1 Å². The van der Waals surface area contributed by atoms with Crippen LogP contribution < -0.4 is 15.8 Å². The minimum absolute atomic E-state index is 0.0450. The normalized spacial score (nSPS) is 10.9. The molecular formula is C8H10ClN3O3S. The van der Waals surface area contributed by atoms with Crippen molar-refractivity contribution in [2.45, 2.75) is 4.90 Å². The molecule has 0 bridgehead atoms. The molecule has 0 unspecified atom stereocenters. The second-order valence-corrected chi connectivity index (χ2v) is 4.93. The maximum Gasteiger partial charge on any atom is 0.328 e. The van der Waals surface area contributed by atoms with Gasteiger partial charge in [0, 0.05) is 12.7 Å². The summed E-state index contributed by atoms with van der Waals surface area (Å²) in [7, 11) is -2.67. The first-order chi connectivity index (χ1) is 7.36. The third kappa shape index (κ3) is 2.77. The Hall–Kier alpha value is -1.47. The van der Waals surface area contributed by atoms with Gasteiger partial charge in [0.25, 0.3) is 10.0 Å². The lowest BCUT2D eigenvalue weighted by Crippen LogP contribution is -2.37. The number of nitrogen functional groups attached to an aromatic ring is 1. The molecule has 0 aliphatic rings. The Bertz CT molecular complexity index is 515. The number of urea groups is 1. The van der Waals surface area contributed by atoms with Crippen LogP contribution in [0.5, 0.6) is 0 Å². The van der Waals surface area contributed by atoms with E-state index in [2.05, 4.69) is 5.32 Å². The van der Waals surface area contributed by atoms with E-state index < -0.39 is 16.1 Å². The Balaban J connectivity index is 3.13. The molecule has 6 nitrogen and oxygen atoms in total. The van der Waals surface area contributed by atoms with Crippen molar-refractivity contribution < 1.29 is 13.2 Å². The van der Waals surface area contributed by atoms with Crippen LogP contribution in [-0.4, -0.2) is 21.5 Å². The van der Waals surface area contributed by atoms with Crippen LogP contribution in [0.3, 0.4) is 0 Å². The molecule has 1 aromatic rings. The summed E-state index contributed by atoms with van der Waals surface area (Å²) in [5, 5.41) is 2.08. The Labute approximate surface area is 97.8 Å². The molecule has 0 spiro atoms. The number of carbonyl (C=O) groups excluding carboxylic acids is 1. The Morgan fingerprint density at radius 3 is 2.56 bits per heavy atom. The van der Waals surface area contributed by atoms with Crippen LogP contribution >= 0.6 is 11.6 Å². The van der Waals surface area contributed by atoms with Crippen LogP contribution in [0.4, 0.5) is 10.5 Å². The molecule has 1 rings (SSSR count). The number of nitrogens with two attached hydrogens (primary N) is 1. The Kier molecular flexibility index (Phi) is 3.61. The molecule has 0 atom stereocenters. The lowest BCUT2D eigenvalue weighted by molar-refractivity contribution is 0.248. The van der Waals surface area contributed by atoms with Crippen LogP contribution in [0.1, 0.15) is 0 Å². The third-order valence-electron chi connectivity index (χ3n) is 1.70. The first-order valence-electron chi connectivity index (χ1n) is 4.16. The number of nitrogens with one attached hydrogen (secondary N) is 2. The maximum absolute atomic E-state index is 11.6. The summed E-state index contributed by atoms with van der Waals surface area (Å²) in [5.74, 6) is 0. The Morgan fingerprint density at radius 2 is 2.06 bits per heavy atom. The number of halogens is 1. The zero-order chi connectivity index (χ0) is 12.3. The summed E-state index contributed by atoms with van der Waals surface area (Å²) in [6.45, 7) is 0. The summed E-state index contributed by atoms with van der Waals surface area (Å²) >= 11 is 5.71. The van der Waals surface area contributed by atoms with Crippen LogP contribution in [0, 0.1) is 0 Å². The van der Waals surface area contributed by atoms with Gasteiger partial charge in [0.05, 0.1) is 5.02 Å². The second-order valence-electron chi connectivity index (χ2n) is 2.87. The van der Waals surface area contributed by atoms with Gasteiger partial charge in [-0.05, 0) is 18.2 Å². The van der Waals surface area contributed by atoms with Gasteiger partial charge in [-0.2, -0.15) is 0 Å². The minimum Gasteiger partial charge on any atom is -0.399 e. The number of hydrogen-bond donors (Lipinski definition) is 3. The maximum atomic E-state index is 11.6. The van der Waals surface area contributed by atoms with Crippen molar-refractivity contribution in [1.29, 1.82) is 0 Å². The van der Waals surface area contributed by atoms with Crippen molar-refractivity contribution >= 4 is 33.3 Å². The van der Waals surface area contributed by atoms with E-state index in [0.717, 1.165) is 0 Å². The monoisotopic (exact) mass is 263 g/mol. The van der Waals surface area contributed by atoms with E-state index in [1.807, 2.05) is 0 Å². The number of anilines is 1. The first-order valence-corrected chi connectivity index (χ1v) is 6.02. The van der Waals surface area contributed by atoms with E-state index in [1.54, 1.807) is 4.72 Å². The lowest BCUT2D eigenvalue weighted by atomic mass is 10.3. The molecular weight excluding hydrogens is 254 g/mol. The fourth-order valence-corrected chi connectivity index (χ4v) is 2.48. The van der Waals surface area contributed by atoms with Crippen molar-refractivity contribution in [2.24, 2.45) is 0 Å². The van der Waals surface area contributed by atoms with Gasteiger partial charge in [0.2, 0.25) is 0 Å². The highest BCUT2D eigenvalue weighted by Crippen LogP contribution is 2.23. The molecule has 0 saturated heterocycles. The lowest BCUT2D eigenvalue weighted by Gasteiger charge is -2.08. The highest BCUT2D eigenvalue weighted by molar-refractivity contribution is 7.90. The van der Waals surface area contributed by atoms with Crippen LogP contribution in [-0.2, 0) is 10.0 Å². The number of rotatable bonds is 2. The summed E-state index contributed by atoms with van der Waals surface area (Å²) in [6.07, 6.45) is 0. The summed E-state index contributed by atoms with van der Waals surface area (Å²) in [6, 6.07) is 3.06. The summed E-state index contributed by atoms with van der Waals surface area (Å²) in [4.78, 5) is 10.7. The molecule has 4 N–H and O–H groups in total. The van der Waals surface area contributed by atoms with Gasteiger partial charge < -0.3 is 11.1 Å². The topological polar surface area (TPSA) is 101 Å². The molecule has 0 heterocycles. The second kappa shape index (κ2) is 4.58. The summed E-state index contributed by atoms with van der Waals surface area (Å²) < 4.78 is 25.1. The van der Waals surface area contributed by atoms with E-state index in [9.17, 15) is 13.2 Å². The standard InChI is InChI=1S/C8H10ClN3O3S/c1-11-8(13)12-16(14,15)7-3-2-5(10)4-6(7)9/h2-4H,10H2,1H3,(H2,11,12,13). The molecule has 88 valence electrons. The fourth-order valence-electron chi connectivity index (χ4n) is 0.963. The predicted octanol–water partition coefficient (Wildman–Crippen LogP) is 0.540. The third-order valence-corrected chi connectivity index (χ3v) is 3.51. The molecule has 0 aliphatic carbocycles. The van der Waals surface area contributed by atoms with Crippen molar-refractivity contribution in [3.63, 3.8) is 0 Å². The highest BCUT2D eigenvalue weighted by Gasteiger charge is 2.19. The zero-order valence-electron chi connectivity index (χ0n) is 8.32. The molecule has 0 aromatic heterocycles. The van der Waals surface area contributed by atoms with Crippen molar-refractivity contribution in [2.75, 3.05) is 12.8 Å². The van der Waals surface area contributed by atoms with E-state index >= 15 is 0 Å². The number of hydrogen-bond acceptors (Lipinski definition) is 4. The van der Waals surface area contributed by atoms with E-state index in [1.165, 1.54) is 25.2 Å². The van der Waals surface area contributed by atoms with Gasteiger partial charge in [0.15, 0.2) is 0 Å². The quantitative estimate of drug-likeness (QED) is 0.678. The zero-order valence-corrected chi connectivity index (χ0v) is 9.89. The van der Waals surface area contributed by atoms with E-state index in [0.29, 0.717) is 5.69 Å². The first kappa shape index (κ1) is 12.6. The SMILES string of the molecule is CNC(=O)NS(=O)(=O)c1ccc(N)cc1Cl. The van der Waals surface area contributed by atoms with Gasteiger partial charge in [0.1, 0.15) is 4.90 Å². The molecule has 0 aliphatic heterocycles.